The van der Waals surface area contributed by atoms with E-state index >= 15 is 0 Å². The summed E-state index contributed by atoms with van der Waals surface area (Å²) in [5, 5.41) is 22.2. The largest absolute Gasteiger partial charge is 0.516 e. The van der Waals surface area contributed by atoms with Gasteiger partial charge in [-0.05, 0) is 0 Å². The third-order valence-corrected chi connectivity index (χ3v) is 0. The minimum absolute atomic E-state index is 0. The van der Waals surface area contributed by atoms with Gasteiger partial charge in [0.15, 0.2) is 0 Å². The predicted molar refractivity (Wildman–Crippen MR) is 49.5 cm³/mol. The first-order valence-corrected chi connectivity index (χ1v) is 2.52. The number of rotatable bonds is 0. The summed E-state index contributed by atoms with van der Waals surface area (Å²) in [5.41, 5.74) is 0. The summed E-state index contributed by atoms with van der Waals surface area (Å²) in [6.45, 7) is 5.08. The molecule has 0 rings (SSSR count). The maximum atomic E-state index is 9.00. The maximum Gasteiger partial charge on any atom is 0.300 e. The fraction of sp³-hybridized carbons (Fsp3) is 0.333. The van der Waals surface area contributed by atoms with Crippen LogP contribution in [0.1, 0.15) is 13.8 Å². The molecule has 0 aromatic rings. The average molecular weight is 198 g/mol. The van der Waals surface area contributed by atoms with Crippen molar-refractivity contribution in [1.29, 1.82) is 0 Å². The van der Waals surface area contributed by atoms with Crippen molar-refractivity contribution in [3.8, 4) is 0 Å². The van der Waals surface area contributed by atoms with E-state index in [1.807, 2.05) is 0 Å². The van der Waals surface area contributed by atoms with E-state index in [4.69, 9.17) is 24.9 Å². The van der Waals surface area contributed by atoms with Crippen LogP contribution in [0.4, 0.5) is 0 Å². The zero-order valence-electron chi connectivity index (χ0n) is 7.86. The molecule has 0 saturated carbocycles. The van der Waals surface area contributed by atoms with Crippen molar-refractivity contribution in [2.45, 2.75) is 13.8 Å². The van der Waals surface area contributed by atoms with Gasteiger partial charge in [-0.3, -0.25) is 9.59 Å². The average Bonchev–Trinajstić information content (AvgIpc) is 1.60. The van der Waals surface area contributed by atoms with Crippen LogP contribution in [-0.4, -0.2) is 27.3 Å². The van der Waals surface area contributed by atoms with Gasteiger partial charge >= 0.3 is 0 Å². The van der Waals surface area contributed by atoms with E-state index in [0.29, 0.717) is 0 Å². The molecule has 0 spiro atoms. The van der Waals surface area contributed by atoms with Gasteiger partial charge in [-0.15, -0.1) is 0 Å². The molecule has 0 heterocycles. The highest BCUT2D eigenvalue weighted by molar-refractivity contribution is 5.63. The molecule has 0 unspecified atom stereocenters. The second-order valence-electron chi connectivity index (χ2n) is 1.22. The number of carbonyl (C=O) groups is 2. The van der Waals surface area contributed by atoms with E-state index < -0.39 is 11.9 Å². The molecule has 0 atom stereocenters. The first-order valence-electron chi connectivity index (χ1n) is 2.52. The van der Waals surface area contributed by atoms with Gasteiger partial charge in [-0.25, -0.2) is 0 Å². The second kappa shape index (κ2) is 31.5. The van der Waals surface area contributed by atoms with Crippen molar-refractivity contribution >= 4 is 11.9 Å². The molecule has 0 saturated heterocycles. The predicted octanol–water partition coefficient (Wildman–Crippen LogP) is 1.19. The summed E-state index contributed by atoms with van der Waals surface area (Å²) in [4.78, 5) is 18.0. The standard InChI is InChI=1S/2C2H4O2.C2H4O.2H3N/c2*1-2(3)4;1-2-3;;/h2*1H3,(H,3,4);2-3H,1H2;2*1H3. The van der Waals surface area contributed by atoms with Crippen LogP contribution in [0, 0.1) is 0 Å². The van der Waals surface area contributed by atoms with Crippen molar-refractivity contribution in [2.75, 3.05) is 0 Å². The van der Waals surface area contributed by atoms with Crippen LogP contribution in [-0.2, 0) is 9.59 Å². The zero-order valence-corrected chi connectivity index (χ0v) is 7.86. The lowest BCUT2D eigenvalue weighted by atomic mass is 10.9. The van der Waals surface area contributed by atoms with Crippen LogP contribution in [0.2, 0.25) is 0 Å². The molecule has 82 valence electrons. The molecule has 13 heavy (non-hydrogen) atoms. The lowest BCUT2D eigenvalue weighted by Crippen LogP contribution is -1.78. The minimum Gasteiger partial charge on any atom is -0.516 e. The van der Waals surface area contributed by atoms with Crippen molar-refractivity contribution < 1.29 is 24.9 Å². The molecule has 9 N–H and O–H groups in total. The lowest BCUT2D eigenvalue weighted by Gasteiger charge is -1.59. The number of aliphatic hydroxyl groups excluding tert-OH is 1. The van der Waals surface area contributed by atoms with Crippen LogP contribution in [0.5, 0.6) is 0 Å². The van der Waals surface area contributed by atoms with Gasteiger partial charge in [0, 0.05) is 13.8 Å². The molecule has 7 heteroatoms. The number of carboxylic acids is 2. The number of carboxylic acid groups (broad SMARTS) is 2. The summed E-state index contributed by atoms with van der Waals surface area (Å²) in [6, 6.07) is 0. The highest BCUT2D eigenvalue weighted by atomic mass is 16.4. The normalized spacial score (nSPS) is 4.77. The molecule has 0 bridgehead atoms. The molecule has 0 aliphatic heterocycles. The van der Waals surface area contributed by atoms with E-state index in [1.165, 1.54) is 0 Å². The Labute approximate surface area is 76.9 Å². The minimum atomic E-state index is -0.833. The van der Waals surface area contributed by atoms with Crippen LogP contribution in [0.15, 0.2) is 12.8 Å². The highest BCUT2D eigenvalue weighted by Gasteiger charge is 1.65. The summed E-state index contributed by atoms with van der Waals surface area (Å²) < 4.78 is 0. The Morgan fingerprint density at radius 1 is 1.08 bits per heavy atom. The van der Waals surface area contributed by atoms with Gasteiger partial charge in [-0.2, -0.15) is 0 Å². The quantitative estimate of drug-likeness (QED) is 0.364. The molecular formula is C6H18N2O5. The third-order valence-electron chi connectivity index (χ3n) is 0. The molecule has 0 radical (unpaired) electrons. The Balaban J connectivity index is -0.0000000231. The van der Waals surface area contributed by atoms with Gasteiger partial charge in [-0.1, -0.05) is 6.58 Å². The van der Waals surface area contributed by atoms with E-state index in [1.54, 1.807) is 0 Å². The molecule has 0 aliphatic rings. The van der Waals surface area contributed by atoms with E-state index in [0.717, 1.165) is 20.1 Å². The maximum absolute atomic E-state index is 9.00. The Hall–Kier alpha value is -1.60. The SMILES string of the molecule is C=CO.CC(=O)O.CC(=O)O.N.N. The van der Waals surface area contributed by atoms with E-state index in [9.17, 15) is 0 Å². The fourth-order valence-electron chi connectivity index (χ4n) is 0. The number of hydrogen-bond donors (Lipinski definition) is 5. The summed E-state index contributed by atoms with van der Waals surface area (Å²) >= 11 is 0. The molecule has 0 aliphatic carbocycles. The van der Waals surface area contributed by atoms with Crippen LogP contribution in [0.25, 0.3) is 0 Å². The fourth-order valence-corrected chi connectivity index (χ4v) is 0. The van der Waals surface area contributed by atoms with Gasteiger partial charge < -0.3 is 27.6 Å². The monoisotopic (exact) mass is 198 g/mol. The summed E-state index contributed by atoms with van der Waals surface area (Å²) in [6.07, 6.45) is 0.750. The lowest BCUT2D eigenvalue weighted by molar-refractivity contribution is -0.135. The van der Waals surface area contributed by atoms with Crippen molar-refractivity contribution in [3.05, 3.63) is 12.8 Å². The van der Waals surface area contributed by atoms with Crippen LogP contribution in [0.3, 0.4) is 0 Å². The third kappa shape index (κ3) is 287. The van der Waals surface area contributed by atoms with Gasteiger partial charge in [0.2, 0.25) is 0 Å². The smallest absolute Gasteiger partial charge is 0.300 e. The Morgan fingerprint density at radius 2 is 1.08 bits per heavy atom. The Kier molecular flexibility index (Phi) is 73.0. The number of aliphatic hydroxyl groups is 1. The van der Waals surface area contributed by atoms with E-state index in [-0.39, 0.29) is 12.3 Å². The van der Waals surface area contributed by atoms with Crippen LogP contribution >= 0.6 is 0 Å². The van der Waals surface area contributed by atoms with Crippen molar-refractivity contribution in [3.63, 3.8) is 0 Å². The molecule has 7 nitrogen and oxygen atoms in total. The molecular weight excluding hydrogens is 180 g/mol. The van der Waals surface area contributed by atoms with Gasteiger partial charge in [0.25, 0.3) is 11.9 Å². The van der Waals surface area contributed by atoms with Gasteiger partial charge in [0.1, 0.15) is 0 Å². The zero-order chi connectivity index (χ0) is 9.86. The first kappa shape index (κ1) is 30.1. The van der Waals surface area contributed by atoms with Crippen molar-refractivity contribution in [2.24, 2.45) is 0 Å². The Morgan fingerprint density at radius 3 is 1.08 bits per heavy atom. The summed E-state index contributed by atoms with van der Waals surface area (Å²) in [5.74, 6) is -1.67. The van der Waals surface area contributed by atoms with Crippen LogP contribution < -0.4 is 12.3 Å². The van der Waals surface area contributed by atoms with Gasteiger partial charge in [0.05, 0.1) is 6.26 Å². The second-order valence-corrected chi connectivity index (χ2v) is 1.22. The Bertz CT molecular complexity index is 106. The number of aliphatic carboxylic acids is 2. The summed E-state index contributed by atoms with van der Waals surface area (Å²) in [7, 11) is 0. The molecule has 0 aromatic heterocycles. The molecule has 0 amide bonds. The first-order chi connectivity index (χ1) is 4.88. The number of hydrogen-bond acceptors (Lipinski definition) is 5. The highest BCUT2D eigenvalue weighted by Crippen LogP contribution is 1.42. The van der Waals surface area contributed by atoms with Crippen molar-refractivity contribution in [1.82, 2.24) is 12.3 Å². The molecule has 0 fully saturated rings. The molecule has 0 aromatic carbocycles. The topological polar surface area (TPSA) is 165 Å². The van der Waals surface area contributed by atoms with E-state index in [2.05, 4.69) is 6.58 Å².